The maximum atomic E-state index is 11.1. The zero-order valence-corrected chi connectivity index (χ0v) is 9.03. The van der Waals surface area contributed by atoms with Crippen molar-refractivity contribution in [3.8, 4) is 0 Å². The molecular formula is C12H14N2O. The number of aliphatic imine (C=N–C) groups is 1. The molecule has 0 amide bonds. The third-order valence-electron chi connectivity index (χ3n) is 2.64. The summed E-state index contributed by atoms with van der Waals surface area (Å²) in [5.74, 6) is 1.15. The summed E-state index contributed by atoms with van der Waals surface area (Å²) in [5.41, 5.74) is 1.87. The largest absolute Gasteiger partial charge is 0.329 e. The number of carbonyl (C=O) groups excluding carboxylic acids is 1. The van der Waals surface area contributed by atoms with E-state index in [4.69, 9.17) is 0 Å². The second-order valence-electron chi connectivity index (χ2n) is 3.68. The molecule has 0 atom stereocenters. The Morgan fingerprint density at radius 1 is 1.33 bits per heavy atom. The lowest BCUT2D eigenvalue weighted by Gasteiger charge is -2.18. The maximum Gasteiger partial charge on any atom is 0.159 e. The average molecular weight is 202 g/mol. The van der Waals surface area contributed by atoms with Crippen LogP contribution in [-0.4, -0.2) is 24.7 Å². The normalized spacial score (nSPS) is 15.3. The molecule has 1 aromatic rings. The van der Waals surface area contributed by atoms with Gasteiger partial charge in [-0.25, -0.2) is 0 Å². The van der Waals surface area contributed by atoms with E-state index in [0.717, 1.165) is 30.2 Å². The molecule has 0 aromatic heterocycles. The van der Waals surface area contributed by atoms with Crippen molar-refractivity contribution < 1.29 is 4.79 Å². The monoisotopic (exact) mass is 202 g/mol. The van der Waals surface area contributed by atoms with Gasteiger partial charge in [-0.15, -0.1) is 0 Å². The van der Waals surface area contributed by atoms with Gasteiger partial charge >= 0.3 is 0 Å². The lowest BCUT2D eigenvalue weighted by Crippen LogP contribution is -2.24. The van der Waals surface area contributed by atoms with Crippen LogP contribution in [0.25, 0.3) is 0 Å². The Balaban J connectivity index is 2.24. The number of anilines is 1. The summed E-state index contributed by atoms with van der Waals surface area (Å²) in [7, 11) is 0. The fourth-order valence-electron chi connectivity index (χ4n) is 1.75. The predicted octanol–water partition coefficient (Wildman–Crippen LogP) is 2.13. The number of hydrogen-bond donors (Lipinski definition) is 0. The topological polar surface area (TPSA) is 32.7 Å². The van der Waals surface area contributed by atoms with Crippen molar-refractivity contribution in [1.82, 2.24) is 0 Å². The molecule has 3 heteroatoms. The smallest absolute Gasteiger partial charge is 0.159 e. The van der Waals surface area contributed by atoms with Crippen LogP contribution in [0.1, 0.15) is 24.2 Å². The first kappa shape index (κ1) is 9.90. The van der Waals surface area contributed by atoms with Crippen LogP contribution in [0.2, 0.25) is 0 Å². The first-order chi connectivity index (χ1) is 7.18. The summed E-state index contributed by atoms with van der Waals surface area (Å²) in [6, 6.07) is 7.68. The second-order valence-corrected chi connectivity index (χ2v) is 3.68. The van der Waals surface area contributed by atoms with Gasteiger partial charge in [0.2, 0.25) is 0 Å². The van der Waals surface area contributed by atoms with Gasteiger partial charge in [0.05, 0.1) is 6.54 Å². The molecule has 3 nitrogen and oxygen atoms in total. The van der Waals surface area contributed by atoms with Gasteiger partial charge in [-0.3, -0.25) is 9.79 Å². The van der Waals surface area contributed by atoms with Crippen LogP contribution in [-0.2, 0) is 0 Å². The lowest BCUT2D eigenvalue weighted by molar-refractivity contribution is 0.101. The average Bonchev–Trinajstić information content (AvgIpc) is 2.65. The molecule has 0 N–H and O–H groups in total. The Labute approximate surface area is 89.4 Å². The summed E-state index contributed by atoms with van der Waals surface area (Å²) in [6.45, 7) is 5.38. The molecule has 1 aromatic carbocycles. The number of amidine groups is 1. The van der Waals surface area contributed by atoms with Crippen molar-refractivity contribution in [1.29, 1.82) is 0 Å². The first-order valence-corrected chi connectivity index (χ1v) is 5.08. The minimum atomic E-state index is 0.105. The molecule has 1 heterocycles. The van der Waals surface area contributed by atoms with Gasteiger partial charge < -0.3 is 4.90 Å². The Kier molecular flexibility index (Phi) is 2.54. The zero-order valence-electron chi connectivity index (χ0n) is 9.03. The van der Waals surface area contributed by atoms with E-state index in [-0.39, 0.29) is 5.78 Å². The molecule has 78 valence electrons. The molecule has 0 spiro atoms. The van der Waals surface area contributed by atoms with Gasteiger partial charge in [-0.05, 0) is 38.1 Å². The standard InChI is InChI=1S/C12H14N2O/c1-9(15)11-3-5-12(6-4-11)14-8-7-13-10(14)2/h3-6H,7-8H2,1-2H3. The molecule has 1 aliphatic heterocycles. The third kappa shape index (κ3) is 1.91. The molecule has 15 heavy (non-hydrogen) atoms. The van der Waals surface area contributed by atoms with Crippen molar-refractivity contribution in [2.24, 2.45) is 4.99 Å². The van der Waals surface area contributed by atoms with E-state index in [1.807, 2.05) is 31.2 Å². The molecular weight excluding hydrogens is 188 g/mol. The highest BCUT2D eigenvalue weighted by Gasteiger charge is 2.14. The summed E-state index contributed by atoms with van der Waals surface area (Å²) >= 11 is 0. The number of nitrogens with zero attached hydrogens (tertiary/aromatic N) is 2. The lowest BCUT2D eigenvalue weighted by atomic mass is 10.1. The summed E-state index contributed by atoms with van der Waals surface area (Å²) in [6.07, 6.45) is 0. The van der Waals surface area contributed by atoms with Crippen LogP contribution in [0.4, 0.5) is 5.69 Å². The van der Waals surface area contributed by atoms with Gasteiger partial charge in [0.25, 0.3) is 0 Å². The molecule has 2 rings (SSSR count). The first-order valence-electron chi connectivity index (χ1n) is 5.08. The SMILES string of the molecule is CC(=O)c1ccc(N2CCN=C2C)cc1. The summed E-state index contributed by atoms with van der Waals surface area (Å²) < 4.78 is 0. The third-order valence-corrected chi connectivity index (χ3v) is 2.64. The highest BCUT2D eigenvalue weighted by atomic mass is 16.1. The number of Topliss-reactive ketones (excluding diaryl/α,β-unsaturated/α-hetero) is 1. The van der Waals surface area contributed by atoms with Gasteiger partial charge in [-0.2, -0.15) is 0 Å². The fraction of sp³-hybridized carbons (Fsp3) is 0.333. The Bertz CT molecular complexity index is 406. The summed E-state index contributed by atoms with van der Waals surface area (Å²) in [4.78, 5) is 17.6. The van der Waals surface area contributed by atoms with Crippen LogP contribution >= 0.6 is 0 Å². The van der Waals surface area contributed by atoms with Gasteiger partial charge in [0.15, 0.2) is 5.78 Å². The van der Waals surface area contributed by atoms with E-state index in [2.05, 4.69) is 9.89 Å². The van der Waals surface area contributed by atoms with Crippen molar-refractivity contribution >= 4 is 17.3 Å². The molecule has 0 saturated heterocycles. The van der Waals surface area contributed by atoms with Crippen molar-refractivity contribution in [2.45, 2.75) is 13.8 Å². The molecule has 1 aliphatic rings. The highest BCUT2D eigenvalue weighted by molar-refractivity contribution is 5.98. The zero-order chi connectivity index (χ0) is 10.8. The maximum absolute atomic E-state index is 11.1. The van der Waals surface area contributed by atoms with E-state index in [1.165, 1.54) is 0 Å². The van der Waals surface area contributed by atoms with Gasteiger partial charge in [0, 0.05) is 17.8 Å². The Morgan fingerprint density at radius 2 is 2.00 bits per heavy atom. The Morgan fingerprint density at radius 3 is 2.47 bits per heavy atom. The second kappa shape index (κ2) is 3.85. The number of rotatable bonds is 2. The quantitative estimate of drug-likeness (QED) is 0.688. The van der Waals surface area contributed by atoms with Crippen molar-refractivity contribution in [3.63, 3.8) is 0 Å². The molecule has 0 fully saturated rings. The number of hydrogen-bond acceptors (Lipinski definition) is 3. The van der Waals surface area contributed by atoms with Gasteiger partial charge in [-0.1, -0.05) is 0 Å². The predicted molar refractivity (Wildman–Crippen MR) is 61.8 cm³/mol. The number of carbonyl (C=O) groups is 1. The van der Waals surface area contributed by atoms with Crippen LogP contribution in [0.5, 0.6) is 0 Å². The van der Waals surface area contributed by atoms with E-state index in [1.54, 1.807) is 6.92 Å². The molecule has 0 unspecified atom stereocenters. The van der Waals surface area contributed by atoms with Crippen LogP contribution in [0.3, 0.4) is 0 Å². The van der Waals surface area contributed by atoms with E-state index in [0.29, 0.717) is 0 Å². The van der Waals surface area contributed by atoms with Crippen molar-refractivity contribution in [3.05, 3.63) is 29.8 Å². The molecule has 0 radical (unpaired) electrons. The van der Waals surface area contributed by atoms with Crippen LogP contribution in [0.15, 0.2) is 29.3 Å². The van der Waals surface area contributed by atoms with E-state index >= 15 is 0 Å². The highest BCUT2D eigenvalue weighted by Crippen LogP contribution is 2.18. The molecule has 0 bridgehead atoms. The van der Waals surface area contributed by atoms with Crippen LogP contribution < -0.4 is 4.90 Å². The number of benzene rings is 1. The summed E-state index contributed by atoms with van der Waals surface area (Å²) in [5, 5.41) is 0. The molecule has 0 saturated carbocycles. The van der Waals surface area contributed by atoms with Crippen LogP contribution in [0, 0.1) is 0 Å². The van der Waals surface area contributed by atoms with Crippen molar-refractivity contribution in [2.75, 3.05) is 18.0 Å². The minimum absolute atomic E-state index is 0.105. The number of ketones is 1. The fourth-order valence-corrected chi connectivity index (χ4v) is 1.75. The van der Waals surface area contributed by atoms with E-state index < -0.39 is 0 Å². The van der Waals surface area contributed by atoms with Gasteiger partial charge in [0.1, 0.15) is 5.84 Å². The Hall–Kier alpha value is -1.64. The molecule has 0 aliphatic carbocycles. The minimum Gasteiger partial charge on any atom is -0.329 e. The van der Waals surface area contributed by atoms with E-state index in [9.17, 15) is 4.79 Å².